The van der Waals surface area contributed by atoms with Gasteiger partial charge in [-0.3, -0.25) is 0 Å². The number of morpholine rings is 1. The SMILES string of the molecule is CCC1(C)CN(C(=O)NC2CC=CC2)CCO1. The average molecular weight is 238 g/mol. The first-order chi connectivity index (χ1) is 8.13. The lowest BCUT2D eigenvalue weighted by Crippen LogP contribution is -2.55. The lowest BCUT2D eigenvalue weighted by atomic mass is 10.0. The topological polar surface area (TPSA) is 41.6 Å². The molecule has 96 valence electrons. The van der Waals surface area contributed by atoms with Crippen LogP contribution >= 0.6 is 0 Å². The second kappa shape index (κ2) is 5.08. The molecule has 17 heavy (non-hydrogen) atoms. The monoisotopic (exact) mass is 238 g/mol. The van der Waals surface area contributed by atoms with Crippen molar-refractivity contribution in [2.75, 3.05) is 19.7 Å². The highest BCUT2D eigenvalue weighted by Gasteiger charge is 2.33. The first-order valence-electron chi connectivity index (χ1n) is 6.47. The third-order valence-electron chi connectivity index (χ3n) is 3.71. The Bertz CT molecular complexity index is 309. The molecule has 2 aliphatic rings. The molecule has 0 aromatic heterocycles. The number of nitrogens with zero attached hydrogens (tertiary/aromatic N) is 1. The van der Waals surface area contributed by atoms with Gasteiger partial charge in [0, 0.05) is 12.6 Å². The molecule has 1 heterocycles. The second-order valence-corrected chi connectivity index (χ2v) is 5.16. The zero-order chi connectivity index (χ0) is 12.3. The first kappa shape index (κ1) is 12.4. The maximum absolute atomic E-state index is 12.1. The summed E-state index contributed by atoms with van der Waals surface area (Å²) in [5.41, 5.74) is -0.177. The van der Waals surface area contributed by atoms with Crippen molar-refractivity contribution in [3.8, 4) is 0 Å². The fourth-order valence-corrected chi connectivity index (χ4v) is 2.32. The van der Waals surface area contributed by atoms with Gasteiger partial charge in [-0.1, -0.05) is 19.1 Å². The molecule has 1 aliphatic carbocycles. The molecule has 1 aliphatic heterocycles. The molecule has 0 aromatic carbocycles. The van der Waals surface area contributed by atoms with Gasteiger partial charge < -0.3 is 15.0 Å². The van der Waals surface area contributed by atoms with Gasteiger partial charge in [0.2, 0.25) is 0 Å². The molecular formula is C13H22N2O2. The van der Waals surface area contributed by atoms with Crippen molar-refractivity contribution >= 4 is 6.03 Å². The van der Waals surface area contributed by atoms with E-state index in [1.165, 1.54) is 0 Å². The van der Waals surface area contributed by atoms with Gasteiger partial charge in [-0.15, -0.1) is 0 Å². The van der Waals surface area contributed by atoms with Gasteiger partial charge in [0.1, 0.15) is 0 Å². The van der Waals surface area contributed by atoms with Crippen LogP contribution in [0.25, 0.3) is 0 Å². The van der Waals surface area contributed by atoms with E-state index in [4.69, 9.17) is 4.74 Å². The van der Waals surface area contributed by atoms with Crippen LogP contribution in [0.4, 0.5) is 4.79 Å². The fraction of sp³-hybridized carbons (Fsp3) is 0.769. The molecular weight excluding hydrogens is 216 g/mol. The van der Waals surface area contributed by atoms with Crippen LogP contribution in [-0.4, -0.2) is 42.3 Å². The first-order valence-corrected chi connectivity index (χ1v) is 6.47. The molecule has 0 spiro atoms. The van der Waals surface area contributed by atoms with Crippen molar-refractivity contribution in [1.82, 2.24) is 10.2 Å². The van der Waals surface area contributed by atoms with Crippen molar-refractivity contribution in [1.29, 1.82) is 0 Å². The Morgan fingerprint density at radius 3 is 2.88 bits per heavy atom. The number of ether oxygens (including phenoxy) is 1. The Hall–Kier alpha value is -1.03. The fourth-order valence-electron chi connectivity index (χ4n) is 2.32. The van der Waals surface area contributed by atoms with Crippen LogP contribution in [-0.2, 0) is 4.74 Å². The molecule has 1 fully saturated rings. The lowest BCUT2D eigenvalue weighted by molar-refractivity contribution is -0.0874. The van der Waals surface area contributed by atoms with Crippen molar-refractivity contribution in [2.24, 2.45) is 0 Å². The normalized spacial score (nSPS) is 29.6. The smallest absolute Gasteiger partial charge is 0.317 e. The maximum Gasteiger partial charge on any atom is 0.317 e. The molecule has 1 unspecified atom stereocenters. The minimum atomic E-state index is -0.177. The van der Waals surface area contributed by atoms with Crippen molar-refractivity contribution in [3.05, 3.63) is 12.2 Å². The maximum atomic E-state index is 12.1. The quantitative estimate of drug-likeness (QED) is 0.747. The van der Waals surface area contributed by atoms with Crippen LogP contribution in [0.15, 0.2) is 12.2 Å². The summed E-state index contributed by atoms with van der Waals surface area (Å²) in [4.78, 5) is 14.0. The van der Waals surface area contributed by atoms with Crippen molar-refractivity contribution in [3.63, 3.8) is 0 Å². The van der Waals surface area contributed by atoms with Crippen LogP contribution < -0.4 is 5.32 Å². The Balaban J connectivity index is 1.86. The zero-order valence-corrected chi connectivity index (χ0v) is 10.7. The van der Waals surface area contributed by atoms with Crippen molar-refractivity contribution < 1.29 is 9.53 Å². The molecule has 1 atom stereocenters. The number of carbonyl (C=O) groups is 1. The highest BCUT2D eigenvalue weighted by Crippen LogP contribution is 2.21. The van der Waals surface area contributed by atoms with Gasteiger partial charge in [0.25, 0.3) is 0 Å². The number of urea groups is 1. The van der Waals surface area contributed by atoms with Crippen LogP contribution in [0.2, 0.25) is 0 Å². The van der Waals surface area contributed by atoms with Crippen LogP contribution in [0.3, 0.4) is 0 Å². The van der Waals surface area contributed by atoms with E-state index in [-0.39, 0.29) is 11.6 Å². The third kappa shape index (κ3) is 3.00. The summed E-state index contributed by atoms with van der Waals surface area (Å²) < 4.78 is 5.73. The number of nitrogens with one attached hydrogen (secondary N) is 1. The van der Waals surface area contributed by atoms with E-state index in [1.807, 2.05) is 4.90 Å². The summed E-state index contributed by atoms with van der Waals surface area (Å²) in [5.74, 6) is 0. The Labute approximate surface area is 103 Å². The molecule has 0 saturated carbocycles. The third-order valence-corrected chi connectivity index (χ3v) is 3.71. The molecule has 1 N–H and O–H groups in total. The van der Waals surface area contributed by atoms with E-state index in [9.17, 15) is 4.79 Å². The molecule has 0 aromatic rings. The highest BCUT2D eigenvalue weighted by atomic mass is 16.5. The van der Waals surface area contributed by atoms with Crippen LogP contribution in [0.5, 0.6) is 0 Å². The van der Waals surface area contributed by atoms with Gasteiger partial charge in [-0.25, -0.2) is 4.79 Å². The number of amides is 2. The van der Waals surface area contributed by atoms with E-state index < -0.39 is 0 Å². The summed E-state index contributed by atoms with van der Waals surface area (Å²) in [5, 5.41) is 3.08. The second-order valence-electron chi connectivity index (χ2n) is 5.16. The van der Waals surface area contributed by atoms with Gasteiger partial charge in [0.15, 0.2) is 0 Å². The molecule has 1 saturated heterocycles. The molecule has 4 heteroatoms. The standard InChI is InChI=1S/C13H22N2O2/c1-3-13(2)10-15(8-9-17-13)12(16)14-11-6-4-5-7-11/h4-5,11H,3,6-10H2,1-2H3,(H,14,16). The van der Waals surface area contributed by atoms with Gasteiger partial charge >= 0.3 is 6.03 Å². The average Bonchev–Trinajstić information content (AvgIpc) is 2.82. The summed E-state index contributed by atoms with van der Waals surface area (Å²) >= 11 is 0. The summed E-state index contributed by atoms with van der Waals surface area (Å²) in [6, 6.07) is 0.347. The Morgan fingerprint density at radius 1 is 1.53 bits per heavy atom. The van der Waals surface area contributed by atoms with Gasteiger partial charge in [-0.2, -0.15) is 0 Å². The Morgan fingerprint density at radius 2 is 2.24 bits per heavy atom. The van der Waals surface area contributed by atoms with Gasteiger partial charge in [-0.05, 0) is 26.2 Å². The van der Waals surface area contributed by atoms with E-state index >= 15 is 0 Å². The zero-order valence-electron chi connectivity index (χ0n) is 10.7. The number of hydrogen-bond acceptors (Lipinski definition) is 2. The number of rotatable bonds is 2. The summed E-state index contributed by atoms with van der Waals surface area (Å²) in [6.45, 7) is 6.20. The molecule has 4 nitrogen and oxygen atoms in total. The summed E-state index contributed by atoms with van der Waals surface area (Å²) in [6.07, 6.45) is 7.10. The molecule has 2 amide bonds. The molecule has 0 radical (unpaired) electrons. The highest BCUT2D eigenvalue weighted by molar-refractivity contribution is 5.74. The van der Waals surface area contributed by atoms with E-state index in [1.54, 1.807) is 0 Å². The Kier molecular flexibility index (Phi) is 3.72. The summed E-state index contributed by atoms with van der Waals surface area (Å²) in [7, 11) is 0. The lowest BCUT2D eigenvalue weighted by Gasteiger charge is -2.40. The van der Waals surface area contributed by atoms with Crippen LogP contribution in [0.1, 0.15) is 33.1 Å². The van der Waals surface area contributed by atoms with E-state index in [0.29, 0.717) is 25.7 Å². The largest absolute Gasteiger partial charge is 0.372 e. The van der Waals surface area contributed by atoms with E-state index in [0.717, 1.165) is 19.3 Å². The predicted molar refractivity (Wildman–Crippen MR) is 66.9 cm³/mol. The van der Waals surface area contributed by atoms with Gasteiger partial charge in [0.05, 0.1) is 18.8 Å². The number of carbonyl (C=O) groups excluding carboxylic acids is 1. The minimum Gasteiger partial charge on any atom is -0.372 e. The molecule has 2 rings (SSSR count). The molecule has 0 bridgehead atoms. The minimum absolute atomic E-state index is 0.0571. The van der Waals surface area contributed by atoms with E-state index in [2.05, 4.69) is 31.3 Å². The number of hydrogen-bond donors (Lipinski definition) is 1. The predicted octanol–water partition coefficient (Wildman–Crippen LogP) is 1.92. The van der Waals surface area contributed by atoms with Crippen molar-refractivity contribution in [2.45, 2.75) is 44.8 Å². The van der Waals surface area contributed by atoms with Crippen LogP contribution in [0, 0.1) is 0 Å².